The van der Waals surface area contributed by atoms with Gasteiger partial charge in [-0.05, 0) is 38.8 Å². The average Bonchev–Trinajstić information content (AvgIpc) is 2.26. The highest BCUT2D eigenvalue weighted by Crippen LogP contribution is 2.35. The largest absolute Gasteiger partial charge is 0.419 e. The van der Waals surface area contributed by atoms with E-state index in [1.165, 1.54) is 12.3 Å². The molecule has 1 aliphatic heterocycles. The first kappa shape index (κ1) is 14.1. The van der Waals surface area contributed by atoms with Gasteiger partial charge in [-0.25, -0.2) is 4.98 Å². The monoisotopic (exact) mass is 274 g/mol. The van der Waals surface area contributed by atoms with Crippen LogP contribution in [0.4, 0.5) is 19.0 Å². The molecule has 0 radical (unpaired) electrons. The van der Waals surface area contributed by atoms with Crippen molar-refractivity contribution < 1.29 is 17.9 Å². The van der Waals surface area contributed by atoms with E-state index < -0.39 is 11.7 Å². The number of hydrogen-bond acceptors (Lipinski definition) is 3. The van der Waals surface area contributed by atoms with Gasteiger partial charge in [0.15, 0.2) is 0 Å². The second-order valence-electron chi connectivity index (χ2n) is 5.34. The summed E-state index contributed by atoms with van der Waals surface area (Å²) >= 11 is 0. The number of ether oxygens (including phenoxy) is 1. The lowest BCUT2D eigenvalue weighted by molar-refractivity contribution is -0.137. The lowest BCUT2D eigenvalue weighted by Crippen LogP contribution is -2.40. The molecule has 1 fully saturated rings. The number of nitrogens with one attached hydrogen (secondary N) is 1. The minimum Gasteiger partial charge on any atom is -0.375 e. The van der Waals surface area contributed by atoms with Gasteiger partial charge >= 0.3 is 6.18 Å². The minimum atomic E-state index is -4.39. The maximum absolute atomic E-state index is 12.8. The summed E-state index contributed by atoms with van der Waals surface area (Å²) in [5.74, 6) is -0.0994. The second kappa shape index (κ2) is 5.00. The Morgan fingerprint density at radius 1 is 1.42 bits per heavy atom. The molecule has 0 aliphatic carbocycles. The Hall–Kier alpha value is -1.30. The summed E-state index contributed by atoms with van der Waals surface area (Å²) in [4.78, 5) is 3.82. The summed E-state index contributed by atoms with van der Waals surface area (Å²) < 4.78 is 44.1. The van der Waals surface area contributed by atoms with Gasteiger partial charge in [-0.3, -0.25) is 0 Å². The number of anilines is 1. The molecular weight excluding hydrogens is 257 g/mol. The van der Waals surface area contributed by atoms with Crippen LogP contribution in [-0.2, 0) is 10.9 Å². The van der Waals surface area contributed by atoms with Crippen LogP contribution >= 0.6 is 0 Å². The average molecular weight is 274 g/mol. The third kappa shape index (κ3) is 3.59. The SMILES string of the molecule is CC1(C)CC(Nc2ncccc2C(F)(F)F)CCO1. The molecule has 19 heavy (non-hydrogen) atoms. The molecule has 0 bridgehead atoms. The van der Waals surface area contributed by atoms with Crippen molar-refractivity contribution in [1.82, 2.24) is 4.98 Å². The molecule has 1 aromatic rings. The van der Waals surface area contributed by atoms with Crippen molar-refractivity contribution in [1.29, 1.82) is 0 Å². The third-order valence-electron chi connectivity index (χ3n) is 3.15. The Kier molecular flexibility index (Phi) is 3.71. The first-order valence-electron chi connectivity index (χ1n) is 6.21. The molecule has 2 heterocycles. The fourth-order valence-corrected chi connectivity index (χ4v) is 2.30. The van der Waals surface area contributed by atoms with Crippen LogP contribution in [-0.4, -0.2) is 23.2 Å². The van der Waals surface area contributed by atoms with E-state index in [-0.39, 0.29) is 17.5 Å². The summed E-state index contributed by atoms with van der Waals surface area (Å²) in [7, 11) is 0. The Morgan fingerprint density at radius 2 is 2.16 bits per heavy atom. The minimum absolute atomic E-state index is 0.0558. The smallest absolute Gasteiger partial charge is 0.375 e. The fraction of sp³-hybridized carbons (Fsp3) is 0.615. The zero-order valence-corrected chi connectivity index (χ0v) is 10.9. The lowest BCUT2D eigenvalue weighted by Gasteiger charge is -2.36. The van der Waals surface area contributed by atoms with Crippen LogP contribution in [0, 0.1) is 0 Å². The Labute approximate surface area is 110 Å². The second-order valence-corrected chi connectivity index (χ2v) is 5.34. The molecule has 1 N–H and O–H groups in total. The number of alkyl halides is 3. The first-order valence-corrected chi connectivity index (χ1v) is 6.21. The van der Waals surface area contributed by atoms with Crippen LogP contribution in [0.3, 0.4) is 0 Å². The molecule has 3 nitrogen and oxygen atoms in total. The number of pyridine rings is 1. The predicted molar refractivity (Wildman–Crippen MR) is 65.9 cm³/mol. The maximum Gasteiger partial charge on any atom is 0.419 e. The molecule has 0 amide bonds. The van der Waals surface area contributed by atoms with E-state index in [1.807, 2.05) is 13.8 Å². The molecule has 0 aromatic carbocycles. The Morgan fingerprint density at radius 3 is 2.79 bits per heavy atom. The molecule has 1 aromatic heterocycles. The van der Waals surface area contributed by atoms with Crippen molar-refractivity contribution in [2.45, 2.75) is 44.5 Å². The van der Waals surface area contributed by atoms with E-state index in [2.05, 4.69) is 10.3 Å². The number of nitrogens with zero attached hydrogens (tertiary/aromatic N) is 1. The predicted octanol–water partition coefficient (Wildman–Crippen LogP) is 3.47. The van der Waals surface area contributed by atoms with Crippen LogP contribution in [0.15, 0.2) is 18.3 Å². The summed E-state index contributed by atoms with van der Waals surface area (Å²) in [6.07, 6.45) is -1.70. The molecule has 1 aliphatic rings. The maximum atomic E-state index is 12.8. The fourth-order valence-electron chi connectivity index (χ4n) is 2.30. The quantitative estimate of drug-likeness (QED) is 0.896. The van der Waals surface area contributed by atoms with Crippen molar-refractivity contribution in [3.63, 3.8) is 0 Å². The van der Waals surface area contributed by atoms with Crippen molar-refractivity contribution in [2.75, 3.05) is 11.9 Å². The standard InChI is InChI=1S/C13H17F3N2O/c1-12(2)8-9(5-7-19-12)18-11-10(13(14,15)16)4-3-6-17-11/h3-4,6,9H,5,7-8H2,1-2H3,(H,17,18). The van der Waals surface area contributed by atoms with E-state index >= 15 is 0 Å². The molecule has 1 atom stereocenters. The van der Waals surface area contributed by atoms with Crippen molar-refractivity contribution in [2.24, 2.45) is 0 Å². The third-order valence-corrected chi connectivity index (χ3v) is 3.15. The van der Waals surface area contributed by atoms with Crippen molar-refractivity contribution >= 4 is 5.82 Å². The number of hydrogen-bond donors (Lipinski definition) is 1. The van der Waals surface area contributed by atoms with Gasteiger partial charge in [-0.2, -0.15) is 13.2 Å². The van der Waals surface area contributed by atoms with Crippen LogP contribution in [0.2, 0.25) is 0 Å². The molecule has 106 valence electrons. The summed E-state index contributed by atoms with van der Waals surface area (Å²) in [6.45, 7) is 4.41. The molecule has 1 unspecified atom stereocenters. The number of rotatable bonds is 2. The van der Waals surface area contributed by atoms with E-state index in [1.54, 1.807) is 0 Å². The molecule has 1 saturated heterocycles. The van der Waals surface area contributed by atoms with Crippen LogP contribution < -0.4 is 5.32 Å². The van der Waals surface area contributed by atoms with Gasteiger partial charge in [0, 0.05) is 18.8 Å². The number of aromatic nitrogens is 1. The van der Waals surface area contributed by atoms with Crippen LogP contribution in [0.5, 0.6) is 0 Å². The van der Waals surface area contributed by atoms with Crippen molar-refractivity contribution in [3.8, 4) is 0 Å². The van der Waals surface area contributed by atoms with Gasteiger partial charge in [0.2, 0.25) is 0 Å². The Bertz CT molecular complexity index is 446. The summed E-state index contributed by atoms with van der Waals surface area (Å²) in [5.41, 5.74) is -1.04. The van der Waals surface area contributed by atoms with Gasteiger partial charge in [0.05, 0.1) is 11.2 Å². The zero-order chi connectivity index (χ0) is 14.1. The van der Waals surface area contributed by atoms with Crippen molar-refractivity contribution in [3.05, 3.63) is 23.9 Å². The molecular formula is C13H17F3N2O. The van der Waals surface area contributed by atoms with E-state index in [0.717, 1.165) is 6.07 Å². The Balaban J connectivity index is 2.15. The number of halogens is 3. The first-order chi connectivity index (χ1) is 8.78. The van der Waals surface area contributed by atoms with Crippen LogP contribution in [0.25, 0.3) is 0 Å². The molecule has 0 saturated carbocycles. The molecule has 6 heteroatoms. The van der Waals surface area contributed by atoms with Crippen LogP contribution in [0.1, 0.15) is 32.3 Å². The van der Waals surface area contributed by atoms with Gasteiger partial charge in [-0.15, -0.1) is 0 Å². The summed E-state index contributed by atoms with van der Waals surface area (Å²) in [5, 5.41) is 2.90. The highest BCUT2D eigenvalue weighted by atomic mass is 19.4. The van der Waals surface area contributed by atoms with E-state index in [4.69, 9.17) is 4.74 Å². The van der Waals surface area contributed by atoms with E-state index in [9.17, 15) is 13.2 Å². The molecule has 2 rings (SSSR count). The normalized spacial score (nSPS) is 23.1. The zero-order valence-electron chi connectivity index (χ0n) is 10.9. The molecule has 0 spiro atoms. The lowest BCUT2D eigenvalue weighted by atomic mass is 9.94. The van der Waals surface area contributed by atoms with Gasteiger partial charge in [0.25, 0.3) is 0 Å². The topological polar surface area (TPSA) is 34.2 Å². The highest BCUT2D eigenvalue weighted by Gasteiger charge is 2.36. The summed E-state index contributed by atoms with van der Waals surface area (Å²) in [6, 6.07) is 2.28. The van der Waals surface area contributed by atoms with Gasteiger partial charge < -0.3 is 10.1 Å². The van der Waals surface area contributed by atoms with Gasteiger partial charge in [-0.1, -0.05) is 0 Å². The van der Waals surface area contributed by atoms with Gasteiger partial charge in [0.1, 0.15) is 5.82 Å². The highest BCUT2D eigenvalue weighted by molar-refractivity contribution is 5.46. The van der Waals surface area contributed by atoms with E-state index in [0.29, 0.717) is 19.4 Å².